The molecule has 4 aliphatic rings. The lowest BCUT2D eigenvalue weighted by Gasteiger charge is -2.64. The van der Waals surface area contributed by atoms with Gasteiger partial charge in [0.1, 0.15) is 29.6 Å². The molecule has 2 unspecified atom stereocenters. The number of nitrogens with two attached hydrogens (primary N) is 1. The van der Waals surface area contributed by atoms with Crippen molar-refractivity contribution in [3.05, 3.63) is 76.3 Å². The second kappa shape index (κ2) is 14.2. The summed E-state index contributed by atoms with van der Waals surface area (Å²) in [6, 6.07) is 13.4. The molecular weight excluding hydrogens is 671 g/mol. The smallest absolute Gasteiger partial charge is 0.482 e. The lowest BCUT2D eigenvalue weighted by Crippen LogP contribution is -2.65. The molecule has 3 aliphatic carbocycles. The Morgan fingerprint density at radius 1 is 1.10 bits per heavy atom. The van der Waals surface area contributed by atoms with Crippen LogP contribution in [0.25, 0.3) is 0 Å². The molecule has 1 aliphatic heterocycles. The van der Waals surface area contributed by atoms with Gasteiger partial charge in [-0.1, -0.05) is 56.3 Å². The van der Waals surface area contributed by atoms with Crippen molar-refractivity contribution in [1.82, 2.24) is 10.3 Å². The van der Waals surface area contributed by atoms with Crippen LogP contribution in [0.2, 0.25) is 0 Å². The molecule has 4 N–H and O–H groups in total. The van der Waals surface area contributed by atoms with Gasteiger partial charge in [0.2, 0.25) is 5.91 Å². The molecule has 12 nitrogen and oxygen atoms in total. The highest BCUT2D eigenvalue weighted by Crippen LogP contribution is 2.65. The monoisotopic (exact) mass is 718 g/mol. The number of ether oxygens (including phenoxy) is 3. The minimum Gasteiger partial charge on any atom is -0.496 e. The van der Waals surface area contributed by atoms with Gasteiger partial charge < -0.3 is 34.6 Å². The van der Waals surface area contributed by atoms with E-state index in [1.807, 2.05) is 36.4 Å². The van der Waals surface area contributed by atoms with Crippen LogP contribution < -0.4 is 21.1 Å². The summed E-state index contributed by atoms with van der Waals surface area (Å²) in [6.07, 6.45) is 1.35. The summed E-state index contributed by atoms with van der Waals surface area (Å²) in [5, 5.41) is 7.54. The van der Waals surface area contributed by atoms with Gasteiger partial charge in [0, 0.05) is 5.38 Å². The summed E-state index contributed by atoms with van der Waals surface area (Å²) >= 11 is 1.13. The largest absolute Gasteiger partial charge is 0.496 e. The van der Waals surface area contributed by atoms with Crippen molar-refractivity contribution in [3.8, 4) is 5.75 Å². The van der Waals surface area contributed by atoms with Crippen molar-refractivity contribution in [2.45, 2.75) is 96.7 Å². The fourth-order valence-corrected chi connectivity index (χ4v) is 8.48. The number of para-hydroxylation sites is 1. The summed E-state index contributed by atoms with van der Waals surface area (Å²) < 4.78 is 30.1. The number of methoxy groups -OCH3 is 1. The number of thiazole rings is 1. The number of anilines is 1. The van der Waals surface area contributed by atoms with E-state index >= 15 is 0 Å². The predicted octanol–water partition coefficient (Wildman–Crippen LogP) is 5.85. The maximum atomic E-state index is 13.8. The molecule has 2 amide bonds. The zero-order valence-electron chi connectivity index (χ0n) is 30.2. The number of aromatic nitrogens is 1. The lowest BCUT2D eigenvalue weighted by molar-refractivity contribution is -0.199. The van der Waals surface area contributed by atoms with Crippen LogP contribution in [0.15, 0.2) is 53.9 Å². The molecule has 0 radical (unpaired) electrons. The number of hydrogen-bond acceptors (Lipinski definition) is 11. The first-order valence-corrected chi connectivity index (χ1v) is 18.2. The molecular formula is C37H47BN4O8S. The van der Waals surface area contributed by atoms with Crippen molar-refractivity contribution in [2.24, 2.45) is 23.0 Å². The van der Waals surface area contributed by atoms with Crippen molar-refractivity contribution in [1.29, 1.82) is 0 Å². The van der Waals surface area contributed by atoms with Crippen LogP contribution >= 0.6 is 11.3 Å². The SMILES string of the molecule is COc1c(C[C@H](NC(=O)C(N)c2csc(NC(=O)OCc3ccccc3)n2)B2OC3C[C@H]4C[C@@H](C4(C)C)[C@]3(C)O2)cccc1C(=O)OC(C)(C)C. The van der Waals surface area contributed by atoms with E-state index < -0.39 is 48.3 Å². The summed E-state index contributed by atoms with van der Waals surface area (Å²) in [5.74, 6) is -0.550. The molecule has 3 saturated carbocycles. The fourth-order valence-electron chi connectivity index (χ4n) is 7.74. The molecule has 6 atom stereocenters. The third-order valence-electron chi connectivity index (χ3n) is 10.5. The second-order valence-corrected chi connectivity index (χ2v) is 16.3. The van der Waals surface area contributed by atoms with E-state index in [9.17, 15) is 14.4 Å². The standard InChI is InChI=1S/C37H47BN4O8S/c1-35(2,3)48-32(44)24-15-11-14-22(30(24)46-7)16-28(38-49-27-18-23-17-26(36(23,4)5)37(27,6)50-38)41-31(43)29(39)25-20-51-33(40-25)42-34(45)47-19-21-12-9-8-10-13-21/h8-15,20,23,26-29H,16-19,39H2,1-7H3,(H,41,43)(H,40,42,45)/t23-,26+,27?,28+,29?,37+/m1/s1. The van der Waals surface area contributed by atoms with Crippen molar-refractivity contribution in [2.75, 3.05) is 12.4 Å². The van der Waals surface area contributed by atoms with Gasteiger partial charge in [-0.3, -0.25) is 10.1 Å². The van der Waals surface area contributed by atoms with Gasteiger partial charge >= 0.3 is 19.2 Å². The van der Waals surface area contributed by atoms with E-state index in [0.717, 1.165) is 29.7 Å². The molecule has 7 rings (SSSR count). The van der Waals surface area contributed by atoms with Crippen LogP contribution in [0.1, 0.15) is 87.6 Å². The molecule has 4 fully saturated rings. The molecule has 2 bridgehead atoms. The Morgan fingerprint density at radius 3 is 2.53 bits per heavy atom. The minimum absolute atomic E-state index is 0.101. The molecule has 1 aromatic heterocycles. The van der Waals surface area contributed by atoms with Gasteiger partial charge in [0.05, 0.1) is 30.4 Å². The summed E-state index contributed by atoms with van der Waals surface area (Å²) in [6.45, 7) is 12.2. The number of amides is 2. The van der Waals surface area contributed by atoms with E-state index in [0.29, 0.717) is 23.1 Å². The first-order chi connectivity index (χ1) is 24.1. The normalized spacial score (nSPS) is 24.4. The number of rotatable bonds is 11. The average Bonchev–Trinajstić information content (AvgIpc) is 3.70. The van der Waals surface area contributed by atoms with Crippen LogP contribution in [-0.2, 0) is 36.6 Å². The predicted molar refractivity (Wildman–Crippen MR) is 193 cm³/mol. The molecule has 2 heterocycles. The highest BCUT2D eigenvalue weighted by molar-refractivity contribution is 7.13. The number of nitrogens with one attached hydrogen (secondary N) is 2. The summed E-state index contributed by atoms with van der Waals surface area (Å²) in [5.41, 5.74) is 7.41. The van der Waals surface area contributed by atoms with Gasteiger partial charge in [-0.15, -0.1) is 11.3 Å². The Labute approximate surface area is 303 Å². The first-order valence-electron chi connectivity index (χ1n) is 17.3. The highest BCUT2D eigenvalue weighted by atomic mass is 32.1. The number of benzene rings is 2. The molecule has 51 heavy (non-hydrogen) atoms. The Kier molecular flexibility index (Phi) is 10.3. The summed E-state index contributed by atoms with van der Waals surface area (Å²) in [4.78, 5) is 43.8. The van der Waals surface area contributed by atoms with Gasteiger partial charge in [-0.05, 0) is 81.4 Å². The van der Waals surface area contributed by atoms with E-state index in [1.165, 1.54) is 7.11 Å². The van der Waals surface area contributed by atoms with E-state index in [-0.39, 0.29) is 40.9 Å². The van der Waals surface area contributed by atoms with Crippen LogP contribution in [-0.4, -0.2) is 60.4 Å². The molecule has 14 heteroatoms. The zero-order valence-corrected chi connectivity index (χ0v) is 31.0. The Bertz CT molecular complexity index is 1760. The number of nitrogens with zero attached hydrogens (tertiary/aromatic N) is 1. The Balaban J connectivity index is 1.20. The lowest BCUT2D eigenvalue weighted by atomic mass is 9.43. The van der Waals surface area contributed by atoms with Gasteiger partial charge in [0.25, 0.3) is 0 Å². The molecule has 272 valence electrons. The maximum Gasteiger partial charge on any atom is 0.482 e. The topological polar surface area (TPSA) is 160 Å². The molecule has 1 saturated heterocycles. The summed E-state index contributed by atoms with van der Waals surface area (Å²) in [7, 11) is 0.697. The van der Waals surface area contributed by atoms with Gasteiger partial charge in [-0.25, -0.2) is 14.6 Å². The number of esters is 1. The zero-order chi connectivity index (χ0) is 36.7. The quantitative estimate of drug-likeness (QED) is 0.162. The van der Waals surface area contributed by atoms with Crippen molar-refractivity contribution < 1.29 is 37.9 Å². The van der Waals surface area contributed by atoms with Gasteiger partial charge in [0.15, 0.2) is 5.13 Å². The van der Waals surface area contributed by atoms with Crippen molar-refractivity contribution in [3.63, 3.8) is 0 Å². The van der Waals surface area contributed by atoms with E-state index in [2.05, 4.69) is 36.4 Å². The molecule has 2 aromatic carbocycles. The molecule has 3 aromatic rings. The first kappa shape index (κ1) is 36.8. The second-order valence-electron chi connectivity index (χ2n) is 15.4. The van der Waals surface area contributed by atoms with E-state index in [4.69, 9.17) is 29.3 Å². The van der Waals surface area contributed by atoms with Crippen LogP contribution in [0.4, 0.5) is 9.93 Å². The highest BCUT2D eigenvalue weighted by Gasteiger charge is 2.68. The van der Waals surface area contributed by atoms with Crippen LogP contribution in [0.5, 0.6) is 5.75 Å². The fraction of sp³-hybridized carbons (Fsp3) is 0.514. The third-order valence-corrected chi connectivity index (χ3v) is 11.3. The number of carbonyl (C=O) groups is 3. The minimum atomic E-state index is -1.17. The Morgan fingerprint density at radius 2 is 1.84 bits per heavy atom. The van der Waals surface area contributed by atoms with Crippen LogP contribution in [0.3, 0.4) is 0 Å². The van der Waals surface area contributed by atoms with Gasteiger partial charge in [-0.2, -0.15) is 0 Å². The van der Waals surface area contributed by atoms with Crippen molar-refractivity contribution >= 4 is 41.6 Å². The maximum absolute atomic E-state index is 13.8. The number of carbonyl (C=O) groups excluding carboxylic acids is 3. The average molecular weight is 719 g/mol. The van der Waals surface area contributed by atoms with Crippen LogP contribution in [0, 0.1) is 17.3 Å². The Hall–Kier alpha value is -3.98. The molecule has 0 spiro atoms. The number of hydrogen-bond donors (Lipinski definition) is 3. The van der Waals surface area contributed by atoms with E-state index in [1.54, 1.807) is 38.3 Å². The third kappa shape index (κ3) is 7.64.